The monoisotopic (exact) mass is 286 g/mol. The first-order valence-electron chi connectivity index (χ1n) is 7.09. The molecule has 2 heterocycles. The van der Waals surface area contributed by atoms with Crippen LogP contribution in [0, 0.1) is 0 Å². The third kappa shape index (κ3) is 2.11. The van der Waals surface area contributed by atoms with Gasteiger partial charge in [0.2, 0.25) is 5.78 Å². The molecule has 1 aromatic rings. The van der Waals surface area contributed by atoms with Gasteiger partial charge in [0.1, 0.15) is 0 Å². The van der Waals surface area contributed by atoms with Crippen LogP contribution >= 0.6 is 0 Å². The van der Waals surface area contributed by atoms with Gasteiger partial charge in [0.15, 0.2) is 11.4 Å². The summed E-state index contributed by atoms with van der Waals surface area (Å²) in [5.74, 6) is -0.375. The van der Waals surface area contributed by atoms with E-state index >= 15 is 0 Å². The van der Waals surface area contributed by atoms with Crippen molar-refractivity contribution in [1.82, 2.24) is 0 Å². The lowest BCUT2D eigenvalue weighted by Gasteiger charge is -2.32. The molecule has 0 bridgehead atoms. The molecule has 3 rings (SSSR count). The van der Waals surface area contributed by atoms with Gasteiger partial charge in [-0.15, -0.1) is 0 Å². The van der Waals surface area contributed by atoms with E-state index < -0.39 is 5.60 Å². The number of Topliss-reactive ketones (excluding diaryl/α,β-unsaturated/α-hetero) is 1. The van der Waals surface area contributed by atoms with Crippen LogP contribution in [0.3, 0.4) is 0 Å². The number of aliphatic hydroxyl groups is 1. The molecule has 1 atom stereocenters. The largest absolute Gasteiger partial charge is 0.504 e. The number of ether oxygens (including phenoxy) is 2. The van der Waals surface area contributed by atoms with Gasteiger partial charge >= 0.3 is 0 Å². The van der Waals surface area contributed by atoms with Crippen molar-refractivity contribution in [3.05, 3.63) is 58.7 Å². The normalized spacial score (nSPS) is 25.9. The smallest absolute Gasteiger partial charge is 0.287 e. The minimum Gasteiger partial charge on any atom is -0.504 e. The van der Waals surface area contributed by atoms with E-state index in [2.05, 4.69) is 0 Å². The molecular formula is C17H18O4. The third-order valence-electron chi connectivity index (χ3n) is 4.23. The Morgan fingerprint density at radius 2 is 1.95 bits per heavy atom. The highest BCUT2D eigenvalue weighted by Crippen LogP contribution is 2.41. The van der Waals surface area contributed by atoms with Gasteiger partial charge in [-0.05, 0) is 32.3 Å². The lowest BCUT2D eigenvalue weighted by atomic mass is 9.87. The van der Waals surface area contributed by atoms with Gasteiger partial charge in [-0.2, -0.15) is 0 Å². The van der Waals surface area contributed by atoms with E-state index in [0.29, 0.717) is 24.2 Å². The van der Waals surface area contributed by atoms with Gasteiger partial charge in [-0.25, -0.2) is 0 Å². The molecule has 1 aromatic carbocycles. The second-order valence-electron chi connectivity index (χ2n) is 5.52. The van der Waals surface area contributed by atoms with Crippen LogP contribution in [0.15, 0.2) is 53.2 Å². The van der Waals surface area contributed by atoms with Crippen LogP contribution in [0.5, 0.6) is 0 Å². The van der Waals surface area contributed by atoms with E-state index in [1.54, 1.807) is 6.92 Å². The molecule has 0 saturated carbocycles. The standard InChI is InChI=1S/C17H18O4/c1-11-14(18)15(19)13-9-6-10-20-16(13)21-17(11,2)12-7-4-3-5-8-12/h3-5,7-8,18H,6,9-10H2,1-2H3. The van der Waals surface area contributed by atoms with Crippen LogP contribution < -0.4 is 0 Å². The molecule has 1 unspecified atom stereocenters. The van der Waals surface area contributed by atoms with Crippen molar-refractivity contribution in [3.8, 4) is 0 Å². The maximum absolute atomic E-state index is 12.4. The Bertz CT molecular complexity index is 642. The molecule has 0 fully saturated rings. The Kier molecular flexibility index (Phi) is 3.24. The number of allylic oxidation sites excluding steroid dienone is 1. The molecule has 0 aromatic heterocycles. The second kappa shape index (κ2) is 4.95. The lowest BCUT2D eigenvalue weighted by Crippen LogP contribution is -2.28. The lowest BCUT2D eigenvalue weighted by molar-refractivity contribution is -0.115. The highest BCUT2D eigenvalue weighted by molar-refractivity contribution is 6.07. The van der Waals surface area contributed by atoms with Crippen molar-refractivity contribution in [1.29, 1.82) is 0 Å². The van der Waals surface area contributed by atoms with E-state index in [4.69, 9.17) is 9.47 Å². The minimum atomic E-state index is -0.921. The van der Waals surface area contributed by atoms with Crippen LogP contribution in [-0.2, 0) is 19.9 Å². The highest BCUT2D eigenvalue weighted by atomic mass is 16.7. The summed E-state index contributed by atoms with van der Waals surface area (Å²) in [6.07, 6.45) is 1.32. The quantitative estimate of drug-likeness (QED) is 0.860. The summed E-state index contributed by atoms with van der Waals surface area (Å²) in [5.41, 5.74) is 0.870. The van der Waals surface area contributed by atoms with Crippen LogP contribution in [0.4, 0.5) is 0 Å². The zero-order valence-electron chi connectivity index (χ0n) is 12.2. The van der Waals surface area contributed by atoms with Crippen molar-refractivity contribution in [2.75, 3.05) is 6.61 Å². The predicted octanol–water partition coefficient (Wildman–Crippen LogP) is 3.36. The first-order chi connectivity index (χ1) is 10.0. The molecule has 1 N–H and O–H groups in total. The summed E-state index contributed by atoms with van der Waals surface area (Å²) in [6.45, 7) is 4.09. The van der Waals surface area contributed by atoms with Crippen molar-refractivity contribution in [2.45, 2.75) is 32.3 Å². The van der Waals surface area contributed by atoms with Gasteiger partial charge in [0.05, 0.1) is 12.2 Å². The Balaban J connectivity index is 2.17. The van der Waals surface area contributed by atoms with Crippen LogP contribution in [0.25, 0.3) is 0 Å². The Morgan fingerprint density at radius 1 is 1.24 bits per heavy atom. The Labute approximate surface area is 123 Å². The molecular weight excluding hydrogens is 268 g/mol. The number of hydrogen-bond donors (Lipinski definition) is 1. The number of aliphatic hydroxyl groups excluding tert-OH is 1. The molecule has 0 saturated heterocycles. The summed E-state index contributed by atoms with van der Waals surface area (Å²) in [5, 5.41) is 10.3. The average molecular weight is 286 g/mol. The van der Waals surface area contributed by atoms with E-state index in [9.17, 15) is 9.90 Å². The molecule has 0 aliphatic carbocycles. The van der Waals surface area contributed by atoms with Crippen molar-refractivity contribution in [2.24, 2.45) is 0 Å². The summed E-state index contributed by atoms with van der Waals surface area (Å²) in [4.78, 5) is 12.4. The van der Waals surface area contributed by atoms with E-state index in [1.807, 2.05) is 37.3 Å². The fraction of sp³-hybridized carbons (Fsp3) is 0.353. The number of carbonyl (C=O) groups is 1. The first-order valence-corrected chi connectivity index (χ1v) is 7.09. The molecule has 2 aliphatic heterocycles. The summed E-state index contributed by atoms with van der Waals surface area (Å²) in [7, 11) is 0. The van der Waals surface area contributed by atoms with E-state index in [1.165, 1.54) is 0 Å². The number of hydrogen-bond acceptors (Lipinski definition) is 4. The van der Waals surface area contributed by atoms with Crippen LogP contribution in [0.1, 0.15) is 32.3 Å². The predicted molar refractivity (Wildman–Crippen MR) is 77.4 cm³/mol. The molecule has 0 radical (unpaired) electrons. The zero-order valence-corrected chi connectivity index (χ0v) is 12.2. The maximum atomic E-state index is 12.4. The SMILES string of the molecule is CC1=C(O)C(=O)C2=C(OCCC2)OC1(C)c1ccccc1. The van der Waals surface area contributed by atoms with Crippen LogP contribution in [0.2, 0.25) is 0 Å². The van der Waals surface area contributed by atoms with Crippen molar-refractivity contribution >= 4 is 5.78 Å². The minimum absolute atomic E-state index is 0.239. The molecule has 0 amide bonds. The van der Waals surface area contributed by atoms with Gasteiger partial charge < -0.3 is 14.6 Å². The molecule has 0 spiro atoms. The van der Waals surface area contributed by atoms with Gasteiger partial charge in [-0.3, -0.25) is 4.79 Å². The van der Waals surface area contributed by atoms with Gasteiger partial charge in [0, 0.05) is 5.57 Å². The summed E-state index contributed by atoms with van der Waals surface area (Å²) < 4.78 is 11.6. The number of carbonyl (C=O) groups excluding carboxylic acids is 1. The third-order valence-corrected chi connectivity index (χ3v) is 4.23. The van der Waals surface area contributed by atoms with Crippen molar-refractivity contribution < 1.29 is 19.4 Å². The molecule has 4 nitrogen and oxygen atoms in total. The molecule has 110 valence electrons. The number of ketones is 1. The van der Waals surface area contributed by atoms with Gasteiger partial charge in [-0.1, -0.05) is 30.3 Å². The average Bonchev–Trinajstić information content (AvgIpc) is 2.60. The topological polar surface area (TPSA) is 55.8 Å². The van der Waals surface area contributed by atoms with Crippen molar-refractivity contribution in [3.63, 3.8) is 0 Å². The molecule has 21 heavy (non-hydrogen) atoms. The fourth-order valence-electron chi connectivity index (χ4n) is 2.73. The fourth-order valence-corrected chi connectivity index (χ4v) is 2.73. The Hall–Kier alpha value is -2.23. The summed E-state index contributed by atoms with van der Waals surface area (Å²) >= 11 is 0. The zero-order chi connectivity index (χ0) is 15.0. The molecule has 4 heteroatoms. The highest BCUT2D eigenvalue weighted by Gasteiger charge is 2.41. The summed E-state index contributed by atoms with van der Waals surface area (Å²) in [6, 6.07) is 9.54. The first kappa shape index (κ1) is 13.7. The Morgan fingerprint density at radius 3 is 2.67 bits per heavy atom. The van der Waals surface area contributed by atoms with E-state index in [-0.39, 0.29) is 17.5 Å². The van der Waals surface area contributed by atoms with E-state index in [0.717, 1.165) is 12.0 Å². The number of benzene rings is 1. The van der Waals surface area contributed by atoms with Gasteiger partial charge in [0.25, 0.3) is 5.95 Å². The van der Waals surface area contributed by atoms with Crippen LogP contribution in [-0.4, -0.2) is 17.5 Å². The maximum Gasteiger partial charge on any atom is 0.287 e. The second-order valence-corrected chi connectivity index (χ2v) is 5.52. The molecule has 2 aliphatic rings. The number of rotatable bonds is 1.